The topological polar surface area (TPSA) is 54.9 Å². The van der Waals surface area contributed by atoms with E-state index in [2.05, 4.69) is 31.2 Å². The Morgan fingerprint density at radius 1 is 1.64 bits per heavy atom. The Labute approximate surface area is 72.2 Å². The Morgan fingerprint density at radius 3 is 2.91 bits per heavy atom. The van der Waals surface area contributed by atoms with Crippen LogP contribution >= 0.6 is 15.9 Å². The fourth-order valence-corrected chi connectivity index (χ4v) is 0.892. The van der Waals surface area contributed by atoms with Gasteiger partial charge in [0.1, 0.15) is 4.60 Å². The zero-order valence-corrected chi connectivity index (χ0v) is 7.42. The normalized spacial score (nSPS) is 9.27. The maximum Gasteiger partial charge on any atom is 0.222 e. The lowest BCUT2D eigenvalue weighted by molar-refractivity contribution is -0.114. The smallest absolute Gasteiger partial charge is 0.222 e. The number of nitrogens with one attached hydrogen (secondary N) is 1. The van der Waals surface area contributed by atoms with E-state index in [9.17, 15) is 4.79 Å². The van der Waals surface area contributed by atoms with Crippen molar-refractivity contribution in [2.75, 3.05) is 5.32 Å². The van der Waals surface area contributed by atoms with E-state index in [1.807, 2.05) is 0 Å². The highest BCUT2D eigenvalue weighted by Crippen LogP contribution is 2.06. The summed E-state index contributed by atoms with van der Waals surface area (Å²) in [4.78, 5) is 18.3. The number of carbonyl (C=O) groups excluding carboxylic acids is 1. The minimum Gasteiger partial charge on any atom is -0.310 e. The number of nitrogens with zero attached hydrogens (tertiary/aromatic N) is 2. The van der Waals surface area contributed by atoms with Crippen molar-refractivity contribution >= 4 is 27.7 Å². The van der Waals surface area contributed by atoms with Gasteiger partial charge < -0.3 is 5.32 Å². The number of hydrogen-bond acceptors (Lipinski definition) is 3. The first-order valence-electron chi connectivity index (χ1n) is 2.93. The molecule has 58 valence electrons. The molecule has 0 saturated heterocycles. The fraction of sp³-hybridized carbons (Fsp3) is 0.167. The second-order valence-electron chi connectivity index (χ2n) is 1.91. The predicted molar refractivity (Wildman–Crippen MR) is 44.0 cm³/mol. The zero-order chi connectivity index (χ0) is 8.27. The molecule has 1 heterocycles. The van der Waals surface area contributed by atoms with Gasteiger partial charge in [-0.15, -0.1) is 0 Å². The Kier molecular flexibility index (Phi) is 2.53. The lowest BCUT2D eigenvalue weighted by Crippen LogP contribution is -2.07. The van der Waals surface area contributed by atoms with Gasteiger partial charge in [-0.25, -0.2) is 4.98 Å². The molecule has 0 bridgehead atoms. The third kappa shape index (κ3) is 2.63. The molecule has 0 atom stereocenters. The van der Waals surface area contributed by atoms with Gasteiger partial charge in [-0.1, -0.05) is 0 Å². The number of aromatic nitrogens is 2. The van der Waals surface area contributed by atoms with Crippen LogP contribution in [0.4, 0.5) is 5.82 Å². The van der Waals surface area contributed by atoms with E-state index in [1.54, 1.807) is 6.20 Å². The first kappa shape index (κ1) is 8.13. The standard InChI is InChI=1S/C6H6BrN3O/c1-4(11)9-6-3-8-2-5(7)10-6/h2-3H,1H3,(H,9,10,11). The van der Waals surface area contributed by atoms with Crippen LogP contribution in [0.5, 0.6) is 0 Å². The monoisotopic (exact) mass is 215 g/mol. The van der Waals surface area contributed by atoms with Crippen molar-refractivity contribution in [2.45, 2.75) is 6.92 Å². The van der Waals surface area contributed by atoms with Crippen LogP contribution in [0, 0.1) is 0 Å². The Hall–Kier alpha value is -0.970. The number of rotatable bonds is 1. The Morgan fingerprint density at radius 2 is 2.36 bits per heavy atom. The summed E-state index contributed by atoms with van der Waals surface area (Å²) < 4.78 is 0.601. The van der Waals surface area contributed by atoms with Crippen molar-refractivity contribution < 1.29 is 4.79 Å². The van der Waals surface area contributed by atoms with Gasteiger partial charge in [0.2, 0.25) is 5.91 Å². The summed E-state index contributed by atoms with van der Waals surface area (Å²) in [5, 5.41) is 2.50. The van der Waals surface area contributed by atoms with E-state index >= 15 is 0 Å². The van der Waals surface area contributed by atoms with Gasteiger partial charge in [-0.2, -0.15) is 0 Å². The van der Waals surface area contributed by atoms with E-state index in [1.165, 1.54) is 13.1 Å². The van der Waals surface area contributed by atoms with Crippen molar-refractivity contribution in [3.63, 3.8) is 0 Å². The molecule has 0 radical (unpaired) electrons. The van der Waals surface area contributed by atoms with Crippen LogP contribution in [0.15, 0.2) is 17.0 Å². The molecule has 0 spiro atoms. The molecule has 0 aliphatic rings. The molecule has 1 aromatic heterocycles. The predicted octanol–water partition coefficient (Wildman–Crippen LogP) is 1.20. The Balaban J connectivity index is 2.79. The molecule has 0 aromatic carbocycles. The summed E-state index contributed by atoms with van der Waals surface area (Å²) >= 11 is 3.13. The molecule has 1 aromatic rings. The molecular formula is C6H6BrN3O. The minimum atomic E-state index is -0.155. The van der Waals surface area contributed by atoms with E-state index in [-0.39, 0.29) is 5.91 Å². The molecule has 0 saturated carbocycles. The van der Waals surface area contributed by atoms with Crippen molar-refractivity contribution in [1.82, 2.24) is 9.97 Å². The van der Waals surface area contributed by atoms with Gasteiger partial charge in [-0.3, -0.25) is 9.78 Å². The van der Waals surface area contributed by atoms with Crippen LogP contribution in [0.25, 0.3) is 0 Å². The van der Waals surface area contributed by atoms with Gasteiger partial charge in [-0.05, 0) is 15.9 Å². The lowest BCUT2D eigenvalue weighted by Gasteiger charge is -1.98. The largest absolute Gasteiger partial charge is 0.310 e. The molecular weight excluding hydrogens is 210 g/mol. The summed E-state index contributed by atoms with van der Waals surface area (Å²) in [5.74, 6) is 0.296. The molecule has 4 nitrogen and oxygen atoms in total. The maximum absolute atomic E-state index is 10.5. The maximum atomic E-state index is 10.5. The lowest BCUT2D eigenvalue weighted by atomic mass is 10.6. The van der Waals surface area contributed by atoms with Crippen molar-refractivity contribution in [3.8, 4) is 0 Å². The third-order valence-corrected chi connectivity index (χ3v) is 1.29. The summed E-state index contributed by atoms with van der Waals surface area (Å²) in [5.41, 5.74) is 0. The third-order valence-electron chi connectivity index (χ3n) is 0.909. The number of carbonyl (C=O) groups is 1. The molecule has 0 unspecified atom stereocenters. The molecule has 0 aliphatic carbocycles. The van der Waals surface area contributed by atoms with Gasteiger partial charge in [0.25, 0.3) is 0 Å². The molecule has 1 rings (SSSR count). The highest BCUT2D eigenvalue weighted by atomic mass is 79.9. The summed E-state index contributed by atoms with van der Waals surface area (Å²) in [7, 11) is 0. The zero-order valence-electron chi connectivity index (χ0n) is 5.84. The molecule has 5 heteroatoms. The second-order valence-corrected chi connectivity index (χ2v) is 2.72. The van der Waals surface area contributed by atoms with Crippen LogP contribution in [-0.2, 0) is 4.79 Å². The van der Waals surface area contributed by atoms with Crippen LogP contribution < -0.4 is 5.32 Å². The highest BCUT2D eigenvalue weighted by molar-refractivity contribution is 9.10. The van der Waals surface area contributed by atoms with Crippen LogP contribution in [0.3, 0.4) is 0 Å². The van der Waals surface area contributed by atoms with E-state index in [0.717, 1.165) is 0 Å². The van der Waals surface area contributed by atoms with Crippen LogP contribution in [0.2, 0.25) is 0 Å². The number of anilines is 1. The average Bonchev–Trinajstić information content (AvgIpc) is 1.85. The number of halogens is 1. The summed E-state index contributed by atoms with van der Waals surface area (Å²) in [6.45, 7) is 1.42. The molecule has 1 amide bonds. The van der Waals surface area contributed by atoms with Crippen LogP contribution in [-0.4, -0.2) is 15.9 Å². The van der Waals surface area contributed by atoms with Gasteiger partial charge >= 0.3 is 0 Å². The van der Waals surface area contributed by atoms with Crippen molar-refractivity contribution in [3.05, 3.63) is 17.0 Å². The SMILES string of the molecule is CC(=O)Nc1cncc(Br)n1. The fourth-order valence-electron chi connectivity index (χ4n) is 0.583. The summed E-state index contributed by atoms with van der Waals surface area (Å²) in [6.07, 6.45) is 3.03. The first-order chi connectivity index (χ1) is 5.18. The van der Waals surface area contributed by atoms with Gasteiger partial charge in [0, 0.05) is 6.92 Å². The molecule has 11 heavy (non-hydrogen) atoms. The van der Waals surface area contributed by atoms with E-state index in [0.29, 0.717) is 10.4 Å². The second kappa shape index (κ2) is 3.43. The first-order valence-corrected chi connectivity index (χ1v) is 3.73. The highest BCUT2D eigenvalue weighted by Gasteiger charge is 1.96. The van der Waals surface area contributed by atoms with Crippen molar-refractivity contribution in [2.24, 2.45) is 0 Å². The summed E-state index contributed by atoms with van der Waals surface area (Å²) in [6, 6.07) is 0. The molecule has 0 aliphatic heterocycles. The van der Waals surface area contributed by atoms with Crippen molar-refractivity contribution in [1.29, 1.82) is 0 Å². The van der Waals surface area contributed by atoms with Gasteiger partial charge in [0.15, 0.2) is 5.82 Å². The number of hydrogen-bond donors (Lipinski definition) is 1. The van der Waals surface area contributed by atoms with E-state index in [4.69, 9.17) is 0 Å². The average molecular weight is 216 g/mol. The quantitative estimate of drug-likeness (QED) is 0.767. The van der Waals surface area contributed by atoms with E-state index < -0.39 is 0 Å². The molecule has 1 N–H and O–H groups in total. The molecule has 0 fully saturated rings. The van der Waals surface area contributed by atoms with Gasteiger partial charge in [0.05, 0.1) is 12.4 Å². The van der Waals surface area contributed by atoms with Crippen LogP contribution in [0.1, 0.15) is 6.92 Å². The Bertz CT molecular complexity index is 276. The number of amides is 1. The minimum absolute atomic E-state index is 0.155.